The Morgan fingerprint density at radius 2 is 2.16 bits per heavy atom. The van der Waals surface area contributed by atoms with Crippen LogP contribution in [0.3, 0.4) is 0 Å². The van der Waals surface area contributed by atoms with Crippen LogP contribution >= 0.6 is 0 Å². The van der Waals surface area contributed by atoms with E-state index in [2.05, 4.69) is 11.9 Å². The first-order valence-electron chi connectivity index (χ1n) is 6.70. The number of carbonyl (C=O) groups excluding carboxylic acids is 2. The molecule has 1 aliphatic heterocycles. The van der Waals surface area contributed by atoms with Gasteiger partial charge in [-0.2, -0.15) is 0 Å². The Balaban J connectivity index is 2.43. The van der Waals surface area contributed by atoms with Crippen LogP contribution in [-0.4, -0.2) is 42.1 Å². The van der Waals surface area contributed by atoms with Gasteiger partial charge in [0.1, 0.15) is 5.60 Å². The maximum absolute atomic E-state index is 12.0. The minimum absolute atomic E-state index is 0.172. The van der Waals surface area contributed by atoms with Gasteiger partial charge in [-0.05, 0) is 45.6 Å². The summed E-state index contributed by atoms with van der Waals surface area (Å²) in [7, 11) is 0. The van der Waals surface area contributed by atoms with E-state index in [-0.39, 0.29) is 17.9 Å². The third-order valence-electron chi connectivity index (χ3n) is 2.92. The van der Waals surface area contributed by atoms with Gasteiger partial charge in [-0.1, -0.05) is 6.58 Å². The number of hydrogen-bond donors (Lipinski definition) is 1. The van der Waals surface area contributed by atoms with Gasteiger partial charge in [0.25, 0.3) is 0 Å². The molecule has 0 spiro atoms. The molecule has 1 N–H and O–H groups in total. The normalized spacial score (nSPS) is 19.7. The molecule has 2 amide bonds. The smallest absolute Gasteiger partial charge is 0.410 e. The van der Waals surface area contributed by atoms with E-state index in [4.69, 9.17) is 4.74 Å². The van der Waals surface area contributed by atoms with Gasteiger partial charge >= 0.3 is 6.09 Å². The summed E-state index contributed by atoms with van der Waals surface area (Å²) in [6, 6.07) is 0. The fourth-order valence-corrected chi connectivity index (χ4v) is 2.04. The molecule has 1 aliphatic rings. The van der Waals surface area contributed by atoms with Crippen molar-refractivity contribution in [3.8, 4) is 0 Å². The van der Waals surface area contributed by atoms with Gasteiger partial charge in [-0.25, -0.2) is 4.79 Å². The molecule has 1 fully saturated rings. The van der Waals surface area contributed by atoms with Crippen molar-refractivity contribution < 1.29 is 14.3 Å². The molecule has 0 aromatic rings. The molecule has 5 heteroatoms. The van der Waals surface area contributed by atoms with Gasteiger partial charge in [0.15, 0.2) is 0 Å². The third-order valence-corrected chi connectivity index (χ3v) is 2.92. The van der Waals surface area contributed by atoms with Gasteiger partial charge < -0.3 is 15.0 Å². The zero-order valence-electron chi connectivity index (χ0n) is 12.1. The lowest BCUT2D eigenvalue weighted by Gasteiger charge is -2.34. The predicted octanol–water partition coefficient (Wildman–Crippen LogP) is 1.94. The summed E-state index contributed by atoms with van der Waals surface area (Å²) >= 11 is 0. The number of carbonyl (C=O) groups is 2. The minimum atomic E-state index is -0.471. The van der Waals surface area contributed by atoms with E-state index in [9.17, 15) is 9.59 Å². The maximum atomic E-state index is 12.0. The van der Waals surface area contributed by atoms with Crippen LogP contribution in [0.15, 0.2) is 12.7 Å². The zero-order chi connectivity index (χ0) is 14.5. The first-order valence-corrected chi connectivity index (χ1v) is 6.70. The van der Waals surface area contributed by atoms with E-state index < -0.39 is 5.60 Å². The van der Waals surface area contributed by atoms with E-state index in [0.717, 1.165) is 19.4 Å². The molecule has 108 valence electrons. The number of rotatable bonds is 3. The van der Waals surface area contributed by atoms with Crippen molar-refractivity contribution in [3.05, 3.63) is 12.7 Å². The molecule has 0 aromatic heterocycles. The van der Waals surface area contributed by atoms with Crippen molar-refractivity contribution in [2.75, 3.05) is 19.6 Å². The van der Waals surface area contributed by atoms with Crippen LogP contribution in [0.4, 0.5) is 4.79 Å². The molecular weight excluding hydrogens is 244 g/mol. The van der Waals surface area contributed by atoms with Gasteiger partial charge in [-0.15, -0.1) is 0 Å². The van der Waals surface area contributed by atoms with Crippen molar-refractivity contribution in [3.63, 3.8) is 0 Å². The Labute approximate surface area is 115 Å². The topological polar surface area (TPSA) is 58.6 Å². The second-order valence-electron chi connectivity index (χ2n) is 5.88. The van der Waals surface area contributed by atoms with Gasteiger partial charge in [0.2, 0.25) is 5.91 Å². The predicted molar refractivity (Wildman–Crippen MR) is 73.7 cm³/mol. The van der Waals surface area contributed by atoms with Crippen LogP contribution in [0.25, 0.3) is 0 Å². The van der Waals surface area contributed by atoms with Crippen molar-refractivity contribution in [2.45, 2.75) is 39.2 Å². The highest BCUT2D eigenvalue weighted by Crippen LogP contribution is 2.18. The molecule has 0 aromatic carbocycles. The average molecular weight is 268 g/mol. The molecule has 5 nitrogen and oxygen atoms in total. The second kappa shape index (κ2) is 6.59. The van der Waals surface area contributed by atoms with E-state index in [0.29, 0.717) is 13.1 Å². The highest BCUT2D eigenvalue weighted by molar-refractivity contribution is 5.86. The summed E-state index contributed by atoms with van der Waals surface area (Å²) in [6.07, 6.45) is 2.94. The average Bonchev–Trinajstić information content (AvgIpc) is 2.34. The summed E-state index contributed by atoms with van der Waals surface area (Å²) in [4.78, 5) is 24.8. The zero-order valence-corrected chi connectivity index (χ0v) is 12.1. The van der Waals surface area contributed by atoms with Crippen LogP contribution in [-0.2, 0) is 9.53 Å². The fourth-order valence-electron chi connectivity index (χ4n) is 2.04. The number of likely N-dealkylation sites (tertiary alicyclic amines) is 1. The first-order chi connectivity index (χ1) is 8.81. The summed E-state index contributed by atoms with van der Waals surface area (Å²) in [5.74, 6) is 0.111. The van der Waals surface area contributed by atoms with Crippen molar-refractivity contribution in [1.29, 1.82) is 0 Å². The molecule has 1 rings (SSSR count). The molecule has 1 heterocycles. The van der Waals surface area contributed by atoms with Crippen LogP contribution in [0.1, 0.15) is 33.6 Å². The number of hydrogen-bond acceptors (Lipinski definition) is 3. The van der Waals surface area contributed by atoms with Gasteiger partial charge in [0.05, 0.1) is 0 Å². The number of amides is 2. The van der Waals surface area contributed by atoms with Crippen LogP contribution in [0.2, 0.25) is 0 Å². The lowest BCUT2D eigenvalue weighted by Crippen LogP contribution is -2.45. The highest BCUT2D eigenvalue weighted by Gasteiger charge is 2.27. The molecule has 1 saturated heterocycles. The van der Waals surface area contributed by atoms with Crippen LogP contribution in [0, 0.1) is 5.92 Å². The molecule has 0 saturated carbocycles. The quantitative estimate of drug-likeness (QED) is 0.796. The highest BCUT2D eigenvalue weighted by atomic mass is 16.6. The SMILES string of the molecule is C=CC(=O)NC[C@H]1CCCN(C(=O)OC(C)(C)C)C1. The minimum Gasteiger partial charge on any atom is -0.444 e. The molecule has 0 unspecified atom stereocenters. The fraction of sp³-hybridized carbons (Fsp3) is 0.714. The van der Waals surface area contributed by atoms with Gasteiger partial charge in [-0.3, -0.25) is 4.79 Å². The standard InChI is InChI=1S/C14H24N2O3/c1-5-12(17)15-9-11-7-6-8-16(10-11)13(18)19-14(2,3)4/h5,11H,1,6-10H2,2-4H3,(H,15,17)/t11-/m1/s1. The van der Waals surface area contributed by atoms with E-state index >= 15 is 0 Å². The van der Waals surface area contributed by atoms with E-state index in [1.165, 1.54) is 6.08 Å². The lowest BCUT2D eigenvalue weighted by atomic mass is 9.98. The van der Waals surface area contributed by atoms with Crippen molar-refractivity contribution in [2.24, 2.45) is 5.92 Å². The van der Waals surface area contributed by atoms with Crippen molar-refractivity contribution >= 4 is 12.0 Å². The van der Waals surface area contributed by atoms with E-state index in [1.807, 2.05) is 20.8 Å². The maximum Gasteiger partial charge on any atom is 0.410 e. The van der Waals surface area contributed by atoms with Crippen LogP contribution in [0.5, 0.6) is 0 Å². The lowest BCUT2D eigenvalue weighted by molar-refractivity contribution is -0.116. The molecule has 1 atom stereocenters. The summed E-state index contributed by atoms with van der Waals surface area (Å²) in [5.41, 5.74) is -0.471. The number of nitrogens with one attached hydrogen (secondary N) is 1. The van der Waals surface area contributed by atoms with E-state index in [1.54, 1.807) is 4.90 Å². The Kier molecular flexibility index (Phi) is 5.39. The molecule has 0 aliphatic carbocycles. The number of ether oxygens (including phenoxy) is 1. The molecule has 0 bridgehead atoms. The number of nitrogens with zero attached hydrogens (tertiary/aromatic N) is 1. The molecule has 0 radical (unpaired) electrons. The Morgan fingerprint density at radius 3 is 2.74 bits per heavy atom. The molecular formula is C14H24N2O3. The summed E-state index contributed by atoms with van der Waals surface area (Å²) in [6.45, 7) is 10.9. The second-order valence-corrected chi connectivity index (χ2v) is 5.88. The third kappa shape index (κ3) is 5.77. The summed E-state index contributed by atoms with van der Waals surface area (Å²) in [5, 5.41) is 2.77. The summed E-state index contributed by atoms with van der Waals surface area (Å²) < 4.78 is 5.36. The van der Waals surface area contributed by atoms with Gasteiger partial charge in [0, 0.05) is 19.6 Å². The Morgan fingerprint density at radius 1 is 1.47 bits per heavy atom. The first kappa shape index (κ1) is 15.5. The van der Waals surface area contributed by atoms with Crippen LogP contribution < -0.4 is 5.32 Å². The Bertz CT molecular complexity index is 347. The molecule has 19 heavy (non-hydrogen) atoms. The number of piperidine rings is 1. The monoisotopic (exact) mass is 268 g/mol. The van der Waals surface area contributed by atoms with Crippen molar-refractivity contribution in [1.82, 2.24) is 10.2 Å². The Hall–Kier alpha value is -1.52. The largest absolute Gasteiger partial charge is 0.444 e.